The van der Waals surface area contributed by atoms with Crippen molar-refractivity contribution < 1.29 is 14.7 Å². The molecule has 0 saturated heterocycles. The topological polar surface area (TPSA) is 60.9 Å². The molecule has 1 aromatic carbocycles. The van der Waals surface area contributed by atoms with Gasteiger partial charge in [0.05, 0.1) is 0 Å². The number of hydrogen-bond donors (Lipinski definition) is 1. The van der Waals surface area contributed by atoms with Gasteiger partial charge >= 0.3 is 12.0 Å². The average Bonchev–Trinajstić information content (AvgIpc) is 2.68. The van der Waals surface area contributed by atoms with Crippen molar-refractivity contribution in [3.63, 3.8) is 0 Å². The first kappa shape index (κ1) is 15.4. The third kappa shape index (κ3) is 3.97. The second-order valence-corrected chi connectivity index (χ2v) is 5.35. The Hall–Kier alpha value is -2.04. The van der Waals surface area contributed by atoms with E-state index in [-0.39, 0.29) is 12.6 Å². The molecule has 1 N–H and O–H groups in total. The summed E-state index contributed by atoms with van der Waals surface area (Å²) in [5.41, 5.74) is 2.57. The highest BCUT2D eigenvalue weighted by atomic mass is 16.4. The SMILES string of the molecule is CCCN(CC(=O)O)C(=O)N1CCc2ccccc2CC1. The zero-order valence-electron chi connectivity index (χ0n) is 12.4. The van der Waals surface area contributed by atoms with E-state index in [1.807, 2.05) is 19.1 Å². The smallest absolute Gasteiger partial charge is 0.323 e. The summed E-state index contributed by atoms with van der Waals surface area (Å²) in [7, 11) is 0. The molecule has 1 aromatic rings. The number of carbonyl (C=O) groups is 2. The van der Waals surface area contributed by atoms with Crippen LogP contribution in [-0.4, -0.2) is 53.1 Å². The zero-order chi connectivity index (χ0) is 15.2. The van der Waals surface area contributed by atoms with Crippen molar-refractivity contribution >= 4 is 12.0 Å². The molecule has 0 unspecified atom stereocenters. The monoisotopic (exact) mass is 290 g/mol. The number of fused-ring (bicyclic) bond motifs is 1. The van der Waals surface area contributed by atoms with Crippen molar-refractivity contribution in [3.05, 3.63) is 35.4 Å². The molecule has 5 nitrogen and oxygen atoms in total. The Balaban J connectivity index is 2.04. The summed E-state index contributed by atoms with van der Waals surface area (Å²) in [5, 5.41) is 8.94. The summed E-state index contributed by atoms with van der Waals surface area (Å²) in [6.07, 6.45) is 2.41. The molecule has 0 fully saturated rings. The number of urea groups is 1. The summed E-state index contributed by atoms with van der Waals surface area (Å²) in [4.78, 5) is 26.6. The third-order valence-electron chi connectivity index (χ3n) is 3.78. The highest BCUT2D eigenvalue weighted by Crippen LogP contribution is 2.16. The number of amides is 2. The number of aliphatic carboxylic acids is 1. The van der Waals surface area contributed by atoms with Gasteiger partial charge in [-0.15, -0.1) is 0 Å². The molecular weight excluding hydrogens is 268 g/mol. The van der Waals surface area contributed by atoms with Crippen molar-refractivity contribution in [2.24, 2.45) is 0 Å². The Morgan fingerprint density at radius 3 is 2.24 bits per heavy atom. The number of rotatable bonds is 4. The Bertz CT molecular complexity index is 489. The van der Waals surface area contributed by atoms with Gasteiger partial charge in [-0.2, -0.15) is 0 Å². The highest BCUT2D eigenvalue weighted by molar-refractivity contribution is 5.80. The minimum Gasteiger partial charge on any atom is -0.480 e. The molecule has 1 heterocycles. The lowest BCUT2D eigenvalue weighted by Gasteiger charge is -2.28. The number of nitrogens with zero attached hydrogens (tertiary/aromatic N) is 2. The molecule has 2 rings (SSSR count). The van der Waals surface area contributed by atoms with Crippen molar-refractivity contribution in [1.29, 1.82) is 0 Å². The van der Waals surface area contributed by atoms with Gasteiger partial charge in [-0.05, 0) is 30.4 Å². The first-order valence-electron chi connectivity index (χ1n) is 7.44. The largest absolute Gasteiger partial charge is 0.480 e. The number of carboxylic acid groups (broad SMARTS) is 1. The molecule has 1 aliphatic rings. The quantitative estimate of drug-likeness (QED) is 0.922. The molecule has 1 aliphatic heterocycles. The van der Waals surface area contributed by atoms with E-state index in [0.29, 0.717) is 19.6 Å². The molecular formula is C16H22N2O3. The molecule has 21 heavy (non-hydrogen) atoms. The molecule has 0 aromatic heterocycles. The molecule has 114 valence electrons. The maximum Gasteiger partial charge on any atom is 0.323 e. The Morgan fingerprint density at radius 2 is 1.76 bits per heavy atom. The van der Waals surface area contributed by atoms with Gasteiger partial charge in [0.15, 0.2) is 0 Å². The van der Waals surface area contributed by atoms with E-state index in [0.717, 1.165) is 19.3 Å². The minimum absolute atomic E-state index is 0.160. The van der Waals surface area contributed by atoms with Gasteiger partial charge in [0.25, 0.3) is 0 Å². The number of hydrogen-bond acceptors (Lipinski definition) is 2. The van der Waals surface area contributed by atoms with Gasteiger partial charge in [-0.25, -0.2) is 4.79 Å². The maximum absolute atomic E-state index is 12.5. The van der Waals surface area contributed by atoms with Crippen LogP contribution in [-0.2, 0) is 17.6 Å². The average molecular weight is 290 g/mol. The van der Waals surface area contributed by atoms with Crippen molar-refractivity contribution in [1.82, 2.24) is 9.80 Å². The van der Waals surface area contributed by atoms with Crippen LogP contribution < -0.4 is 0 Å². The standard InChI is InChI=1S/C16H22N2O3/c1-2-9-18(12-15(19)20)16(21)17-10-7-13-5-3-4-6-14(13)8-11-17/h3-6H,2,7-12H2,1H3,(H,19,20). The Labute approximate surface area is 125 Å². The van der Waals surface area contributed by atoms with Crippen molar-refractivity contribution in [3.8, 4) is 0 Å². The van der Waals surface area contributed by atoms with Crippen LogP contribution in [0.3, 0.4) is 0 Å². The third-order valence-corrected chi connectivity index (χ3v) is 3.78. The van der Waals surface area contributed by atoms with Crippen LogP contribution in [0.25, 0.3) is 0 Å². The first-order chi connectivity index (χ1) is 10.1. The normalized spacial score (nSPS) is 14.2. The van der Waals surface area contributed by atoms with Crippen LogP contribution >= 0.6 is 0 Å². The fourth-order valence-electron chi connectivity index (χ4n) is 2.73. The van der Waals surface area contributed by atoms with E-state index in [9.17, 15) is 9.59 Å². The van der Waals surface area contributed by atoms with Gasteiger partial charge in [-0.1, -0.05) is 31.2 Å². The van der Waals surface area contributed by atoms with Crippen molar-refractivity contribution in [2.75, 3.05) is 26.2 Å². The first-order valence-corrected chi connectivity index (χ1v) is 7.44. The Morgan fingerprint density at radius 1 is 1.19 bits per heavy atom. The minimum atomic E-state index is -0.963. The van der Waals surface area contributed by atoms with E-state index in [1.165, 1.54) is 16.0 Å². The molecule has 0 spiro atoms. The van der Waals surface area contributed by atoms with Crippen LogP contribution in [0.2, 0.25) is 0 Å². The lowest BCUT2D eigenvalue weighted by Crippen LogP contribution is -2.46. The van der Waals surface area contributed by atoms with Crippen LogP contribution in [0.5, 0.6) is 0 Å². The summed E-state index contributed by atoms with van der Waals surface area (Å²) >= 11 is 0. The van der Waals surface area contributed by atoms with Gasteiger partial charge in [-0.3, -0.25) is 4.79 Å². The van der Waals surface area contributed by atoms with Crippen LogP contribution in [0.4, 0.5) is 4.79 Å². The molecule has 2 amide bonds. The number of benzene rings is 1. The maximum atomic E-state index is 12.5. The summed E-state index contributed by atoms with van der Waals surface area (Å²) < 4.78 is 0. The van der Waals surface area contributed by atoms with Crippen LogP contribution in [0.1, 0.15) is 24.5 Å². The second kappa shape index (κ2) is 7.11. The molecule has 5 heteroatoms. The summed E-state index contributed by atoms with van der Waals surface area (Å²) in [5.74, 6) is -0.963. The van der Waals surface area contributed by atoms with Gasteiger partial charge < -0.3 is 14.9 Å². The molecule has 0 saturated carbocycles. The zero-order valence-corrected chi connectivity index (χ0v) is 12.4. The fourth-order valence-corrected chi connectivity index (χ4v) is 2.73. The van der Waals surface area contributed by atoms with Crippen molar-refractivity contribution in [2.45, 2.75) is 26.2 Å². The Kier molecular flexibility index (Phi) is 5.20. The second-order valence-electron chi connectivity index (χ2n) is 5.35. The fraction of sp³-hybridized carbons (Fsp3) is 0.500. The molecule has 0 aliphatic carbocycles. The number of carboxylic acids is 1. The van der Waals surface area contributed by atoms with E-state index in [2.05, 4.69) is 12.1 Å². The van der Waals surface area contributed by atoms with E-state index < -0.39 is 5.97 Å². The van der Waals surface area contributed by atoms with E-state index in [4.69, 9.17) is 5.11 Å². The predicted octanol–water partition coefficient (Wildman–Crippen LogP) is 2.00. The lowest BCUT2D eigenvalue weighted by molar-refractivity contribution is -0.137. The molecule has 0 radical (unpaired) electrons. The number of carbonyl (C=O) groups excluding carboxylic acids is 1. The lowest BCUT2D eigenvalue weighted by atomic mass is 10.0. The highest BCUT2D eigenvalue weighted by Gasteiger charge is 2.24. The van der Waals surface area contributed by atoms with Crippen LogP contribution in [0.15, 0.2) is 24.3 Å². The predicted molar refractivity (Wildman–Crippen MR) is 80.3 cm³/mol. The van der Waals surface area contributed by atoms with Gasteiger partial charge in [0, 0.05) is 19.6 Å². The van der Waals surface area contributed by atoms with Crippen LogP contribution in [0, 0.1) is 0 Å². The van der Waals surface area contributed by atoms with E-state index in [1.54, 1.807) is 4.90 Å². The summed E-state index contributed by atoms with van der Waals surface area (Å²) in [6, 6.07) is 8.08. The molecule has 0 atom stereocenters. The van der Waals surface area contributed by atoms with Gasteiger partial charge in [0.1, 0.15) is 6.54 Å². The molecule has 0 bridgehead atoms. The van der Waals surface area contributed by atoms with E-state index >= 15 is 0 Å². The summed E-state index contributed by atoms with van der Waals surface area (Å²) in [6.45, 7) is 3.50. The van der Waals surface area contributed by atoms with Gasteiger partial charge in [0.2, 0.25) is 0 Å².